The largest absolute Gasteiger partial charge is 0.322 e. The molecule has 2 aromatic heterocycles. The second-order valence-corrected chi connectivity index (χ2v) is 6.60. The summed E-state index contributed by atoms with van der Waals surface area (Å²) in [7, 11) is 0. The zero-order valence-electron chi connectivity index (χ0n) is 12.9. The van der Waals surface area contributed by atoms with Gasteiger partial charge in [0.1, 0.15) is 0 Å². The molecule has 2 heterocycles. The van der Waals surface area contributed by atoms with Gasteiger partial charge >= 0.3 is 0 Å². The van der Waals surface area contributed by atoms with Gasteiger partial charge in [0, 0.05) is 23.6 Å². The van der Waals surface area contributed by atoms with Gasteiger partial charge in [0.25, 0.3) is 5.91 Å². The third-order valence-electron chi connectivity index (χ3n) is 3.65. The molecule has 118 valence electrons. The number of nitrogens with zero attached hydrogens (tertiary/aromatic N) is 3. The van der Waals surface area contributed by atoms with Crippen molar-refractivity contribution < 1.29 is 4.79 Å². The van der Waals surface area contributed by atoms with Crippen molar-refractivity contribution in [3.63, 3.8) is 0 Å². The highest BCUT2D eigenvalue weighted by Gasteiger charge is 2.08. The number of amides is 1. The summed E-state index contributed by atoms with van der Waals surface area (Å²) in [4.78, 5) is 16.8. The minimum atomic E-state index is -0.136. The summed E-state index contributed by atoms with van der Waals surface area (Å²) in [5, 5.41) is 8.12. The molecule has 0 spiro atoms. The van der Waals surface area contributed by atoms with Crippen molar-refractivity contribution in [3.05, 3.63) is 71.5 Å². The van der Waals surface area contributed by atoms with Crippen LogP contribution in [0.4, 0.5) is 5.69 Å². The first-order chi connectivity index (χ1) is 11.7. The van der Waals surface area contributed by atoms with Gasteiger partial charge in [0.2, 0.25) is 0 Å². The molecule has 0 aliphatic heterocycles. The molecule has 24 heavy (non-hydrogen) atoms. The van der Waals surface area contributed by atoms with Gasteiger partial charge in [-0.25, -0.2) is 9.67 Å². The monoisotopic (exact) mass is 334 g/mol. The normalized spacial score (nSPS) is 10.9. The Hall–Kier alpha value is -2.99. The Morgan fingerprint density at radius 3 is 2.75 bits per heavy atom. The van der Waals surface area contributed by atoms with Crippen molar-refractivity contribution in [2.45, 2.75) is 6.92 Å². The molecule has 6 heteroatoms. The molecule has 0 fully saturated rings. The molecular formula is C18H14N4OS. The number of nitrogens with one attached hydrogen (secondary N) is 1. The van der Waals surface area contributed by atoms with Crippen molar-refractivity contribution in [2.24, 2.45) is 0 Å². The Morgan fingerprint density at radius 1 is 1.17 bits per heavy atom. The van der Waals surface area contributed by atoms with Crippen LogP contribution in [0.5, 0.6) is 0 Å². The molecule has 0 unspecified atom stereocenters. The van der Waals surface area contributed by atoms with Crippen LogP contribution >= 0.6 is 11.3 Å². The summed E-state index contributed by atoms with van der Waals surface area (Å²) in [5.41, 5.74) is 3.25. The van der Waals surface area contributed by atoms with E-state index in [0.29, 0.717) is 5.56 Å². The van der Waals surface area contributed by atoms with Crippen molar-refractivity contribution in [1.29, 1.82) is 0 Å². The van der Waals surface area contributed by atoms with Crippen LogP contribution in [0, 0.1) is 6.92 Å². The van der Waals surface area contributed by atoms with E-state index >= 15 is 0 Å². The lowest BCUT2D eigenvalue weighted by Gasteiger charge is -2.06. The quantitative estimate of drug-likeness (QED) is 0.615. The van der Waals surface area contributed by atoms with Crippen molar-refractivity contribution in [3.8, 4) is 5.69 Å². The van der Waals surface area contributed by atoms with E-state index in [0.717, 1.165) is 26.6 Å². The molecule has 5 nitrogen and oxygen atoms in total. The van der Waals surface area contributed by atoms with Crippen LogP contribution in [0.1, 0.15) is 15.4 Å². The van der Waals surface area contributed by atoms with E-state index < -0.39 is 0 Å². The van der Waals surface area contributed by atoms with Gasteiger partial charge in [-0.15, -0.1) is 11.3 Å². The number of fused-ring (bicyclic) bond motifs is 1. The average molecular weight is 334 g/mol. The molecule has 2 aromatic carbocycles. The highest BCUT2D eigenvalue weighted by atomic mass is 32.1. The first kappa shape index (κ1) is 14.6. The molecule has 0 radical (unpaired) electrons. The second kappa shape index (κ2) is 5.90. The molecule has 0 saturated heterocycles. The SMILES string of the molecule is Cc1nc2ccc(NC(=O)c3ccc(-n4cccn4)cc3)cc2s1. The Kier molecular flexibility index (Phi) is 3.59. The third-order valence-corrected chi connectivity index (χ3v) is 4.59. The fraction of sp³-hybridized carbons (Fsp3) is 0.0556. The molecule has 0 atom stereocenters. The third kappa shape index (κ3) is 2.79. The predicted molar refractivity (Wildman–Crippen MR) is 95.9 cm³/mol. The first-order valence-corrected chi connectivity index (χ1v) is 8.29. The van der Waals surface area contributed by atoms with Crippen molar-refractivity contribution in [1.82, 2.24) is 14.8 Å². The lowest BCUT2D eigenvalue weighted by Crippen LogP contribution is -2.11. The highest BCUT2D eigenvalue weighted by Crippen LogP contribution is 2.25. The molecule has 0 bridgehead atoms. The minimum Gasteiger partial charge on any atom is -0.322 e. The van der Waals surface area contributed by atoms with Gasteiger partial charge in [0.15, 0.2) is 0 Å². The maximum atomic E-state index is 12.4. The van der Waals surface area contributed by atoms with Gasteiger partial charge in [-0.1, -0.05) is 0 Å². The van der Waals surface area contributed by atoms with Gasteiger partial charge in [-0.2, -0.15) is 5.10 Å². The molecular weight excluding hydrogens is 320 g/mol. The maximum absolute atomic E-state index is 12.4. The fourth-order valence-corrected chi connectivity index (χ4v) is 3.37. The van der Waals surface area contributed by atoms with E-state index in [2.05, 4.69) is 15.4 Å². The zero-order valence-corrected chi connectivity index (χ0v) is 13.7. The van der Waals surface area contributed by atoms with Crippen LogP contribution in [0.15, 0.2) is 60.9 Å². The Bertz CT molecular complexity index is 1000. The molecule has 0 aliphatic carbocycles. The van der Waals surface area contributed by atoms with Crippen LogP contribution in [-0.2, 0) is 0 Å². The number of hydrogen-bond donors (Lipinski definition) is 1. The highest BCUT2D eigenvalue weighted by molar-refractivity contribution is 7.18. The number of rotatable bonds is 3. The summed E-state index contributed by atoms with van der Waals surface area (Å²) in [6.45, 7) is 1.98. The van der Waals surface area contributed by atoms with Crippen LogP contribution in [0.3, 0.4) is 0 Å². The maximum Gasteiger partial charge on any atom is 0.255 e. The predicted octanol–water partition coefficient (Wildman–Crippen LogP) is 4.04. The lowest BCUT2D eigenvalue weighted by molar-refractivity contribution is 0.102. The van der Waals surface area contributed by atoms with E-state index in [1.165, 1.54) is 0 Å². The molecule has 0 aliphatic rings. The zero-order chi connectivity index (χ0) is 16.5. The molecule has 4 rings (SSSR count). The Labute approximate surface area is 142 Å². The first-order valence-electron chi connectivity index (χ1n) is 7.48. The van der Waals surface area contributed by atoms with E-state index in [-0.39, 0.29) is 5.91 Å². The topological polar surface area (TPSA) is 59.8 Å². The van der Waals surface area contributed by atoms with E-state index in [4.69, 9.17) is 0 Å². The molecule has 0 saturated carbocycles. The van der Waals surface area contributed by atoms with Crippen LogP contribution in [0.25, 0.3) is 15.9 Å². The number of hydrogen-bond acceptors (Lipinski definition) is 4. The second-order valence-electron chi connectivity index (χ2n) is 5.37. The number of aromatic nitrogens is 3. The average Bonchev–Trinajstić information content (AvgIpc) is 3.23. The summed E-state index contributed by atoms with van der Waals surface area (Å²) in [6.07, 6.45) is 3.58. The number of thiazole rings is 1. The number of aryl methyl sites for hydroxylation is 1. The molecule has 1 amide bonds. The van der Waals surface area contributed by atoms with Gasteiger partial charge < -0.3 is 5.32 Å². The Balaban J connectivity index is 1.54. The summed E-state index contributed by atoms with van der Waals surface area (Å²) in [5.74, 6) is -0.136. The Morgan fingerprint density at radius 2 is 2.00 bits per heavy atom. The van der Waals surface area contributed by atoms with Crippen LogP contribution in [-0.4, -0.2) is 20.7 Å². The standard InChI is InChI=1S/C18H14N4OS/c1-12-20-16-8-5-14(11-17(16)24-12)21-18(23)13-3-6-15(7-4-13)22-10-2-9-19-22/h2-11H,1H3,(H,21,23). The summed E-state index contributed by atoms with van der Waals surface area (Å²) >= 11 is 1.62. The number of anilines is 1. The van der Waals surface area contributed by atoms with E-state index in [1.54, 1.807) is 34.3 Å². The van der Waals surface area contributed by atoms with Gasteiger partial charge in [0.05, 0.1) is 20.9 Å². The van der Waals surface area contributed by atoms with E-state index in [9.17, 15) is 4.79 Å². The number of carbonyl (C=O) groups excluding carboxylic acids is 1. The number of carbonyl (C=O) groups is 1. The molecule has 4 aromatic rings. The smallest absolute Gasteiger partial charge is 0.255 e. The summed E-state index contributed by atoms with van der Waals surface area (Å²) < 4.78 is 2.82. The van der Waals surface area contributed by atoms with Crippen molar-refractivity contribution in [2.75, 3.05) is 5.32 Å². The minimum absolute atomic E-state index is 0.136. The van der Waals surface area contributed by atoms with E-state index in [1.807, 2.05) is 49.5 Å². The fourth-order valence-electron chi connectivity index (χ4n) is 2.51. The number of benzene rings is 2. The summed E-state index contributed by atoms with van der Waals surface area (Å²) in [6, 6.07) is 14.9. The van der Waals surface area contributed by atoms with Crippen LogP contribution in [0.2, 0.25) is 0 Å². The van der Waals surface area contributed by atoms with Gasteiger partial charge in [-0.05, 0) is 55.5 Å². The van der Waals surface area contributed by atoms with Crippen LogP contribution < -0.4 is 5.32 Å². The molecule has 1 N–H and O–H groups in total. The van der Waals surface area contributed by atoms with Gasteiger partial charge in [-0.3, -0.25) is 4.79 Å². The lowest BCUT2D eigenvalue weighted by atomic mass is 10.2. The van der Waals surface area contributed by atoms with Crippen molar-refractivity contribution >= 4 is 33.1 Å².